The fraction of sp³-hybridized carbons (Fsp3) is 0.250. The Morgan fingerprint density at radius 3 is 2.75 bits per heavy atom. The van der Waals surface area contributed by atoms with E-state index in [4.69, 9.17) is 4.74 Å². The van der Waals surface area contributed by atoms with Gasteiger partial charge in [-0.1, -0.05) is 18.2 Å². The lowest BCUT2D eigenvalue weighted by Gasteiger charge is -2.23. The van der Waals surface area contributed by atoms with Gasteiger partial charge in [-0.25, -0.2) is 0 Å². The average molecular weight is 320 g/mol. The van der Waals surface area contributed by atoms with Crippen LogP contribution in [0.25, 0.3) is 10.9 Å². The highest BCUT2D eigenvalue weighted by Crippen LogP contribution is 2.29. The Labute approximate surface area is 140 Å². The molecule has 0 aliphatic heterocycles. The third kappa shape index (κ3) is 2.64. The van der Waals surface area contributed by atoms with Crippen molar-refractivity contribution in [2.24, 2.45) is 0 Å². The van der Waals surface area contributed by atoms with Crippen LogP contribution >= 0.6 is 0 Å². The highest BCUT2D eigenvalue weighted by atomic mass is 16.5. The van der Waals surface area contributed by atoms with E-state index in [0.717, 1.165) is 25.0 Å². The molecule has 4 rings (SSSR count). The van der Waals surface area contributed by atoms with Gasteiger partial charge in [-0.05, 0) is 48.7 Å². The van der Waals surface area contributed by atoms with E-state index in [9.17, 15) is 4.79 Å². The zero-order chi connectivity index (χ0) is 16.5. The van der Waals surface area contributed by atoms with Gasteiger partial charge in [0.15, 0.2) is 0 Å². The van der Waals surface area contributed by atoms with Crippen LogP contribution in [-0.4, -0.2) is 24.0 Å². The van der Waals surface area contributed by atoms with Crippen molar-refractivity contribution in [1.82, 2.24) is 10.3 Å². The standard InChI is InChI=1S/C20H20N2O2/c1-24-15-9-6-13(7-10-15)20(23)21-14-8-11-17-16-4-2-3-5-18(16)22-19(17)12-14/h2-7,9-10,14,22H,8,11-12H2,1H3,(H,21,23). The highest BCUT2D eigenvalue weighted by molar-refractivity contribution is 5.94. The first-order valence-corrected chi connectivity index (χ1v) is 8.28. The van der Waals surface area contributed by atoms with E-state index in [1.165, 1.54) is 22.2 Å². The molecular weight excluding hydrogens is 300 g/mol. The first-order chi connectivity index (χ1) is 11.7. The Morgan fingerprint density at radius 1 is 1.17 bits per heavy atom. The Morgan fingerprint density at radius 2 is 1.96 bits per heavy atom. The summed E-state index contributed by atoms with van der Waals surface area (Å²) in [5, 5.41) is 4.47. The molecule has 2 N–H and O–H groups in total. The molecule has 3 aromatic rings. The molecular formula is C20H20N2O2. The molecule has 2 aromatic carbocycles. The summed E-state index contributed by atoms with van der Waals surface area (Å²) in [7, 11) is 1.62. The van der Waals surface area contributed by atoms with Gasteiger partial charge in [-0.15, -0.1) is 0 Å². The van der Waals surface area contributed by atoms with Crippen molar-refractivity contribution in [2.75, 3.05) is 7.11 Å². The Balaban J connectivity index is 1.49. The maximum atomic E-state index is 12.4. The number of benzene rings is 2. The predicted molar refractivity (Wildman–Crippen MR) is 94.6 cm³/mol. The van der Waals surface area contributed by atoms with Crippen LogP contribution in [0.4, 0.5) is 0 Å². The Hall–Kier alpha value is -2.75. The van der Waals surface area contributed by atoms with Crippen LogP contribution in [0.2, 0.25) is 0 Å². The summed E-state index contributed by atoms with van der Waals surface area (Å²) >= 11 is 0. The molecule has 0 saturated carbocycles. The maximum absolute atomic E-state index is 12.4. The number of methoxy groups -OCH3 is 1. The number of rotatable bonds is 3. The lowest BCUT2D eigenvalue weighted by atomic mass is 9.91. The number of aromatic amines is 1. The van der Waals surface area contributed by atoms with Gasteiger partial charge in [0.05, 0.1) is 7.11 Å². The van der Waals surface area contributed by atoms with Crippen LogP contribution in [0, 0.1) is 0 Å². The largest absolute Gasteiger partial charge is 0.497 e. The predicted octanol–water partition coefficient (Wildman–Crippen LogP) is 3.46. The molecule has 0 fully saturated rings. The van der Waals surface area contributed by atoms with Crippen LogP contribution in [0.1, 0.15) is 28.0 Å². The molecule has 0 radical (unpaired) electrons. The van der Waals surface area contributed by atoms with E-state index < -0.39 is 0 Å². The number of aryl methyl sites for hydroxylation is 1. The number of carbonyl (C=O) groups is 1. The minimum absolute atomic E-state index is 0.0257. The number of hydrogen-bond acceptors (Lipinski definition) is 2. The molecule has 1 unspecified atom stereocenters. The minimum atomic E-state index is -0.0257. The van der Waals surface area contributed by atoms with Crippen LogP contribution in [-0.2, 0) is 12.8 Å². The quantitative estimate of drug-likeness (QED) is 0.776. The van der Waals surface area contributed by atoms with Crippen molar-refractivity contribution in [2.45, 2.75) is 25.3 Å². The maximum Gasteiger partial charge on any atom is 0.251 e. The van der Waals surface area contributed by atoms with Gasteiger partial charge < -0.3 is 15.0 Å². The van der Waals surface area contributed by atoms with Gasteiger partial charge >= 0.3 is 0 Å². The topological polar surface area (TPSA) is 54.1 Å². The Bertz CT molecular complexity index is 880. The molecule has 1 aliphatic rings. The second-order valence-electron chi connectivity index (χ2n) is 6.27. The summed E-state index contributed by atoms with van der Waals surface area (Å²) in [5.41, 5.74) is 4.51. The first-order valence-electron chi connectivity index (χ1n) is 8.28. The number of fused-ring (bicyclic) bond motifs is 3. The molecule has 4 heteroatoms. The summed E-state index contributed by atoms with van der Waals surface area (Å²) in [5.74, 6) is 0.731. The van der Waals surface area contributed by atoms with Crippen molar-refractivity contribution in [3.8, 4) is 5.75 Å². The van der Waals surface area contributed by atoms with E-state index in [1.807, 2.05) is 18.2 Å². The molecule has 0 bridgehead atoms. The zero-order valence-corrected chi connectivity index (χ0v) is 13.6. The summed E-state index contributed by atoms with van der Waals surface area (Å²) in [6.45, 7) is 0. The normalized spacial score (nSPS) is 16.6. The van der Waals surface area contributed by atoms with Gasteiger partial charge in [-0.2, -0.15) is 0 Å². The molecule has 24 heavy (non-hydrogen) atoms. The van der Waals surface area contributed by atoms with Crippen LogP contribution in [0.15, 0.2) is 48.5 Å². The van der Waals surface area contributed by atoms with E-state index in [0.29, 0.717) is 5.56 Å². The number of H-pyrrole nitrogens is 1. The SMILES string of the molecule is COc1ccc(C(=O)NC2CCc3c([nH]c4ccccc34)C2)cc1. The molecule has 0 saturated heterocycles. The van der Waals surface area contributed by atoms with Crippen molar-refractivity contribution < 1.29 is 9.53 Å². The number of ether oxygens (including phenoxy) is 1. The van der Waals surface area contributed by atoms with E-state index >= 15 is 0 Å². The van der Waals surface area contributed by atoms with Gasteiger partial charge in [0.2, 0.25) is 0 Å². The smallest absolute Gasteiger partial charge is 0.251 e. The number of para-hydroxylation sites is 1. The second-order valence-corrected chi connectivity index (χ2v) is 6.27. The minimum Gasteiger partial charge on any atom is -0.497 e. The third-order valence-electron chi connectivity index (χ3n) is 4.78. The van der Waals surface area contributed by atoms with E-state index in [-0.39, 0.29) is 11.9 Å². The molecule has 1 aromatic heterocycles. The van der Waals surface area contributed by atoms with Crippen molar-refractivity contribution in [1.29, 1.82) is 0 Å². The lowest BCUT2D eigenvalue weighted by molar-refractivity contribution is 0.0933. The monoisotopic (exact) mass is 320 g/mol. The molecule has 0 spiro atoms. The molecule has 1 heterocycles. The van der Waals surface area contributed by atoms with Gasteiger partial charge in [0.25, 0.3) is 5.91 Å². The average Bonchev–Trinajstić information content (AvgIpc) is 2.99. The molecule has 1 amide bonds. The first kappa shape index (κ1) is 14.8. The van der Waals surface area contributed by atoms with Crippen molar-refractivity contribution >= 4 is 16.8 Å². The van der Waals surface area contributed by atoms with Gasteiger partial charge in [0, 0.05) is 34.6 Å². The van der Waals surface area contributed by atoms with Crippen LogP contribution < -0.4 is 10.1 Å². The van der Waals surface area contributed by atoms with E-state index in [2.05, 4.69) is 28.5 Å². The van der Waals surface area contributed by atoms with Crippen molar-refractivity contribution in [3.05, 3.63) is 65.4 Å². The zero-order valence-electron chi connectivity index (χ0n) is 13.6. The molecule has 4 nitrogen and oxygen atoms in total. The van der Waals surface area contributed by atoms with E-state index in [1.54, 1.807) is 19.2 Å². The number of hydrogen-bond donors (Lipinski definition) is 2. The second kappa shape index (κ2) is 6.04. The lowest BCUT2D eigenvalue weighted by Crippen LogP contribution is -2.38. The summed E-state index contributed by atoms with van der Waals surface area (Å²) in [4.78, 5) is 15.9. The molecule has 122 valence electrons. The third-order valence-corrected chi connectivity index (χ3v) is 4.78. The summed E-state index contributed by atoms with van der Waals surface area (Å²) in [6, 6.07) is 15.8. The number of carbonyl (C=O) groups excluding carboxylic acids is 1. The summed E-state index contributed by atoms with van der Waals surface area (Å²) in [6.07, 6.45) is 2.82. The number of nitrogens with one attached hydrogen (secondary N) is 2. The van der Waals surface area contributed by atoms with Gasteiger partial charge in [-0.3, -0.25) is 4.79 Å². The van der Waals surface area contributed by atoms with Crippen LogP contribution in [0.3, 0.4) is 0 Å². The highest BCUT2D eigenvalue weighted by Gasteiger charge is 2.23. The summed E-state index contributed by atoms with van der Waals surface area (Å²) < 4.78 is 5.13. The number of aromatic nitrogens is 1. The number of amides is 1. The fourth-order valence-electron chi connectivity index (χ4n) is 3.52. The molecule has 1 aliphatic carbocycles. The van der Waals surface area contributed by atoms with Gasteiger partial charge in [0.1, 0.15) is 5.75 Å². The van der Waals surface area contributed by atoms with Crippen LogP contribution in [0.5, 0.6) is 5.75 Å². The molecule has 1 atom stereocenters. The Kier molecular flexibility index (Phi) is 3.73. The van der Waals surface area contributed by atoms with Crippen molar-refractivity contribution in [3.63, 3.8) is 0 Å². The fourth-order valence-corrected chi connectivity index (χ4v) is 3.52.